The van der Waals surface area contributed by atoms with E-state index in [4.69, 9.17) is 15.3 Å². The van der Waals surface area contributed by atoms with Gasteiger partial charge in [-0.2, -0.15) is 0 Å². The largest absolute Gasteiger partial charge is 0.512 e. The first-order valence-electron chi connectivity index (χ1n) is 3.73. The van der Waals surface area contributed by atoms with Gasteiger partial charge in [0.2, 0.25) is 0 Å². The highest BCUT2D eigenvalue weighted by Crippen LogP contribution is 2.25. The fraction of sp³-hybridized carbons (Fsp3) is 0.750. The summed E-state index contributed by atoms with van der Waals surface area (Å²) in [6.07, 6.45) is 0. The Bertz CT molecular complexity index is 158. The molecule has 0 aliphatic carbocycles. The molecule has 4 heteroatoms. The van der Waals surface area contributed by atoms with Gasteiger partial charge in [0, 0.05) is 0 Å². The lowest BCUT2D eigenvalue weighted by atomic mass is 9.87. The van der Waals surface area contributed by atoms with E-state index in [-0.39, 0.29) is 5.76 Å². The average Bonchev–Trinajstić information content (AvgIpc) is 2.08. The van der Waals surface area contributed by atoms with Gasteiger partial charge in [-0.3, -0.25) is 0 Å². The Morgan fingerprint density at radius 1 is 1.00 bits per heavy atom. The van der Waals surface area contributed by atoms with Gasteiger partial charge < -0.3 is 20.4 Å². The van der Waals surface area contributed by atoms with Gasteiger partial charge in [-0.25, -0.2) is 0 Å². The fourth-order valence-electron chi connectivity index (χ4n) is 0.905. The quantitative estimate of drug-likeness (QED) is 0.447. The van der Waals surface area contributed by atoms with Crippen LogP contribution >= 0.6 is 0 Å². The Balaban J connectivity index is 4.84. The van der Waals surface area contributed by atoms with Gasteiger partial charge >= 0.3 is 0 Å². The molecule has 0 radical (unpaired) electrons. The summed E-state index contributed by atoms with van der Waals surface area (Å²) >= 11 is 0. The zero-order chi connectivity index (χ0) is 9.78. The zero-order valence-corrected chi connectivity index (χ0v) is 7.41. The monoisotopic (exact) mass is 176 g/mol. The standard InChI is InChI=1S/C8H16O4/c1-6(2)7(12)8(3-9,4-10)5-11/h9-12H,3-5H2,1-2H3. The maximum atomic E-state index is 9.44. The minimum absolute atomic E-state index is 0.144. The minimum Gasteiger partial charge on any atom is -0.512 e. The number of aliphatic hydroxyl groups excluding tert-OH is 4. The molecule has 0 aliphatic rings. The summed E-state index contributed by atoms with van der Waals surface area (Å²) in [5.41, 5.74) is -0.717. The van der Waals surface area contributed by atoms with Gasteiger partial charge in [0.15, 0.2) is 0 Å². The van der Waals surface area contributed by atoms with Crippen molar-refractivity contribution in [3.05, 3.63) is 11.3 Å². The third kappa shape index (κ3) is 1.97. The van der Waals surface area contributed by atoms with Crippen LogP contribution in [0.3, 0.4) is 0 Å². The van der Waals surface area contributed by atoms with Crippen molar-refractivity contribution in [3.63, 3.8) is 0 Å². The molecule has 0 spiro atoms. The molecule has 0 aliphatic heterocycles. The lowest BCUT2D eigenvalue weighted by Crippen LogP contribution is -2.36. The fourth-order valence-corrected chi connectivity index (χ4v) is 0.905. The molecule has 0 bridgehead atoms. The Kier molecular flexibility index (Phi) is 4.23. The first-order chi connectivity index (χ1) is 5.54. The number of allylic oxidation sites excluding steroid dienone is 1. The second kappa shape index (κ2) is 4.45. The van der Waals surface area contributed by atoms with E-state index in [0.717, 1.165) is 0 Å². The Morgan fingerprint density at radius 3 is 1.42 bits per heavy atom. The lowest BCUT2D eigenvalue weighted by molar-refractivity contribution is 0.00366. The van der Waals surface area contributed by atoms with Crippen LogP contribution in [0.15, 0.2) is 11.3 Å². The highest BCUT2D eigenvalue weighted by molar-refractivity contribution is 5.12. The van der Waals surface area contributed by atoms with Crippen molar-refractivity contribution in [2.45, 2.75) is 13.8 Å². The van der Waals surface area contributed by atoms with E-state index in [1.165, 1.54) is 0 Å². The van der Waals surface area contributed by atoms with Gasteiger partial charge in [0.1, 0.15) is 5.76 Å². The summed E-state index contributed by atoms with van der Waals surface area (Å²) in [5.74, 6) is -0.144. The molecule has 0 heterocycles. The molecule has 4 nitrogen and oxygen atoms in total. The van der Waals surface area contributed by atoms with Crippen LogP contribution in [0.25, 0.3) is 0 Å². The van der Waals surface area contributed by atoms with Crippen molar-refractivity contribution in [3.8, 4) is 0 Å². The normalized spacial score (nSPS) is 11.4. The van der Waals surface area contributed by atoms with E-state index in [1.807, 2.05) is 0 Å². The van der Waals surface area contributed by atoms with Crippen molar-refractivity contribution >= 4 is 0 Å². The minimum atomic E-state index is -1.29. The SMILES string of the molecule is CC(C)=C(O)C(CO)(CO)CO. The lowest BCUT2D eigenvalue weighted by Gasteiger charge is -2.27. The van der Waals surface area contributed by atoms with E-state index >= 15 is 0 Å². The van der Waals surface area contributed by atoms with E-state index in [1.54, 1.807) is 13.8 Å². The molecule has 0 saturated carbocycles. The van der Waals surface area contributed by atoms with Gasteiger partial charge in [-0.1, -0.05) is 0 Å². The van der Waals surface area contributed by atoms with Crippen LogP contribution in [0.5, 0.6) is 0 Å². The molecular formula is C8H16O4. The molecular weight excluding hydrogens is 160 g/mol. The van der Waals surface area contributed by atoms with Crippen LogP contribution in [0.2, 0.25) is 0 Å². The first-order valence-corrected chi connectivity index (χ1v) is 3.73. The predicted molar refractivity (Wildman–Crippen MR) is 44.7 cm³/mol. The van der Waals surface area contributed by atoms with Crippen molar-refractivity contribution in [2.24, 2.45) is 5.41 Å². The molecule has 0 saturated heterocycles. The van der Waals surface area contributed by atoms with Crippen molar-refractivity contribution in [1.29, 1.82) is 0 Å². The summed E-state index contributed by atoms with van der Waals surface area (Å²) in [6, 6.07) is 0. The van der Waals surface area contributed by atoms with E-state index in [9.17, 15) is 5.11 Å². The van der Waals surface area contributed by atoms with Crippen LogP contribution < -0.4 is 0 Å². The van der Waals surface area contributed by atoms with Crippen molar-refractivity contribution < 1.29 is 20.4 Å². The van der Waals surface area contributed by atoms with Gasteiger partial charge in [-0.05, 0) is 19.4 Å². The van der Waals surface area contributed by atoms with Crippen molar-refractivity contribution in [1.82, 2.24) is 0 Å². The Morgan fingerprint density at radius 2 is 1.33 bits per heavy atom. The van der Waals surface area contributed by atoms with Crippen molar-refractivity contribution in [2.75, 3.05) is 19.8 Å². The number of hydrogen-bond acceptors (Lipinski definition) is 4. The average molecular weight is 176 g/mol. The maximum absolute atomic E-state index is 9.44. The maximum Gasteiger partial charge on any atom is 0.104 e. The molecule has 0 unspecified atom stereocenters. The second-order valence-corrected chi connectivity index (χ2v) is 3.10. The molecule has 72 valence electrons. The van der Waals surface area contributed by atoms with E-state index < -0.39 is 25.2 Å². The molecule has 0 atom stereocenters. The highest BCUT2D eigenvalue weighted by Gasteiger charge is 2.33. The van der Waals surface area contributed by atoms with Gasteiger partial charge in [0.05, 0.1) is 25.2 Å². The topological polar surface area (TPSA) is 80.9 Å². The van der Waals surface area contributed by atoms with Crippen LogP contribution in [0.4, 0.5) is 0 Å². The third-order valence-corrected chi connectivity index (χ3v) is 1.88. The zero-order valence-electron chi connectivity index (χ0n) is 7.41. The van der Waals surface area contributed by atoms with Crippen LogP contribution in [-0.2, 0) is 0 Å². The van der Waals surface area contributed by atoms with Gasteiger partial charge in [-0.15, -0.1) is 0 Å². The van der Waals surface area contributed by atoms with E-state index in [2.05, 4.69) is 0 Å². The highest BCUT2D eigenvalue weighted by atomic mass is 16.3. The summed E-state index contributed by atoms with van der Waals surface area (Å²) in [4.78, 5) is 0. The number of aliphatic hydroxyl groups is 4. The molecule has 4 N–H and O–H groups in total. The van der Waals surface area contributed by atoms with Gasteiger partial charge in [0.25, 0.3) is 0 Å². The number of hydrogen-bond donors (Lipinski definition) is 4. The summed E-state index contributed by atoms with van der Waals surface area (Å²) in [6.45, 7) is 1.86. The summed E-state index contributed by atoms with van der Waals surface area (Å²) < 4.78 is 0. The number of rotatable bonds is 4. The molecule has 0 aromatic rings. The smallest absolute Gasteiger partial charge is 0.104 e. The Hall–Kier alpha value is -0.580. The molecule has 0 rings (SSSR count). The molecule has 0 amide bonds. The van der Waals surface area contributed by atoms with Crippen LogP contribution in [0.1, 0.15) is 13.8 Å². The summed E-state index contributed by atoms with van der Waals surface area (Å²) in [5, 5.41) is 36.1. The first kappa shape index (κ1) is 11.4. The Labute approximate surface area is 71.8 Å². The van der Waals surface area contributed by atoms with E-state index in [0.29, 0.717) is 5.57 Å². The third-order valence-electron chi connectivity index (χ3n) is 1.88. The molecule has 0 aromatic carbocycles. The van der Waals surface area contributed by atoms with Crippen LogP contribution in [0, 0.1) is 5.41 Å². The molecule has 12 heavy (non-hydrogen) atoms. The molecule has 0 fully saturated rings. The molecule has 0 aromatic heterocycles. The predicted octanol–water partition coefficient (Wildman–Crippen LogP) is -0.198. The second-order valence-electron chi connectivity index (χ2n) is 3.10. The summed E-state index contributed by atoms with van der Waals surface area (Å²) in [7, 11) is 0. The van der Waals surface area contributed by atoms with Crippen LogP contribution in [-0.4, -0.2) is 40.2 Å².